The minimum Gasteiger partial charge on any atom is -0.273 e. The highest BCUT2D eigenvalue weighted by atomic mass is 32.2. The summed E-state index contributed by atoms with van der Waals surface area (Å²) >= 11 is 0. The molecule has 0 aromatic rings. The standard InChI is InChI=1S/C3H6BN3O2S/c4-1-3(8)7-10(9)6-2-5/h10H,1,4H2,(H,6,7,8,9). The van der Waals surface area contributed by atoms with Crippen LogP contribution in [0, 0.1) is 11.5 Å². The molecule has 7 heteroatoms. The number of carbonyl (C=O) groups excluding carboxylic acids is 1. The molecule has 0 rings (SSSR count). The van der Waals surface area contributed by atoms with Crippen molar-refractivity contribution in [2.24, 2.45) is 4.36 Å². The summed E-state index contributed by atoms with van der Waals surface area (Å²) in [5, 5.41) is 7.91. The Labute approximate surface area is 61.2 Å². The van der Waals surface area contributed by atoms with Gasteiger partial charge in [0.1, 0.15) is 18.6 Å². The molecule has 0 aliphatic rings. The van der Waals surface area contributed by atoms with E-state index in [1.54, 1.807) is 7.85 Å². The summed E-state index contributed by atoms with van der Waals surface area (Å²) in [5.41, 5.74) is 0. The molecule has 10 heavy (non-hydrogen) atoms. The third kappa shape index (κ3) is 3.92. The van der Waals surface area contributed by atoms with Crippen LogP contribution in [0.15, 0.2) is 4.36 Å². The fraction of sp³-hybridized carbons (Fsp3) is 0.333. The van der Waals surface area contributed by atoms with Gasteiger partial charge in [-0.15, -0.1) is 4.36 Å². The molecule has 0 fully saturated rings. The number of carbonyl (C=O) groups is 1. The highest BCUT2D eigenvalue weighted by molar-refractivity contribution is 7.73. The molecule has 0 aromatic carbocycles. The zero-order valence-corrected chi connectivity index (χ0v) is 6.26. The lowest BCUT2D eigenvalue weighted by molar-refractivity contribution is -0.115. The van der Waals surface area contributed by atoms with Gasteiger partial charge in [-0.2, -0.15) is 5.26 Å². The van der Waals surface area contributed by atoms with Crippen molar-refractivity contribution in [2.45, 2.75) is 6.32 Å². The van der Waals surface area contributed by atoms with Crippen LogP contribution in [0.4, 0.5) is 0 Å². The van der Waals surface area contributed by atoms with E-state index in [-0.39, 0.29) is 6.32 Å². The maximum Gasteiger partial charge on any atom is 0.247 e. The minimum absolute atomic E-state index is 0.203. The molecule has 0 radical (unpaired) electrons. The van der Waals surface area contributed by atoms with Gasteiger partial charge in [0.25, 0.3) is 0 Å². The van der Waals surface area contributed by atoms with Crippen LogP contribution in [-0.4, -0.2) is 18.0 Å². The topological polar surface area (TPSA) is 82.3 Å². The number of nitriles is 1. The highest BCUT2D eigenvalue weighted by Gasteiger charge is 1.91. The summed E-state index contributed by atoms with van der Waals surface area (Å²) in [4.78, 5) is 10.4. The Hall–Kier alpha value is -1.03. The van der Waals surface area contributed by atoms with Crippen LogP contribution < -0.4 is 4.72 Å². The van der Waals surface area contributed by atoms with Gasteiger partial charge in [-0.3, -0.25) is 4.79 Å². The predicted molar refractivity (Wildman–Crippen MR) is 39.1 cm³/mol. The summed E-state index contributed by atoms with van der Waals surface area (Å²) in [7, 11) is -0.613. The van der Waals surface area contributed by atoms with Crippen molar-refractivity contribution in [3.63, 3.8) is 0 Å². The average molecular weight is 159 g/mol. The van der Waals surface area contributed by atoms with E-state index in [1.165, 1.54) is 6.19 Å². The van der Waals surface area contributed by atoms with Crippen molar-refractivity contribution in [1.82, 2.24) is 4.72 Å². The third-order valence-electron chi connectivity index (χ3n) is 0.650. The summed E-state index contributed by atoms with van der Waals surface area (Å²) in [6, 6.07) is 0. The Balaban J connectivity index is 4.07. The number of nitrogens with one attached hydrogen (secondary N) is 1. The normalized spacial score (nSPS) is 11.9. The molecule has 0 heterocycles. The van der Waals surface area contributed by atoms with E-state index in [2.05, 4.69) is 4.36 Å². The molecule has 5 nitrogen and oxygen atoms in total. The van der Waals surface area contributed by atoms with E-state index < -0.39 is 16.7 Å². The van der Waals surface area contributed by atoms with Crippen LogP contribution in [-0.2, 0) is 15.6 Å². The summed E-state index contributed by atoms with van der Waals surface area (Å²) in [5.74, 6) is -0.469. The number of thiol groups is 1. The van der Waals surface area contributed by atoms with Crippen LogP contribution >= 0.6 is 0 Å². The van der Waals surface area contributed by atoms with E-state index in [0.717, 1.165) is 0 Å². The third-order valence-corrected chi connectivity index (χ3v) is 1.35. The first-order valence-electron chi connectivity index (χ1n) is 2.57. The fourth-order valence-corrected chi connectivity index (χ4v) is 0.719. The fourth-order valence-electron chi connectivity index (χ4n) is 0.240. The van der Waals surface area contributed by atoms with Crippen LogP contribution in [0.5, 0.6) is 0 Å². The molecule has 0 aromatic heterocycles. The Morgan fingerprint density at radius 3 is 2.90 bits per heavy atom. The Morgan fingerprint density at radius 1 is 1.90 bits per heavy atom. The molecule has 1 amide bonds. The van der Waals surface area contributed by atoms with Crippen LogP contribution in [0.1, 0.15) is 0 Å². The van der Waals surface area contributed by atoms with E-state index in [0.29, 0.717) is 0 Å². The molecule has 0 saturated heterocycles. The van der Waals surface area contributed by atoms with Crippen LogP contribution in [0.2, 0.25) is 6.32 Å². The second kappa shape index (κ2) is 4.82. The molecule has 1 unspecified atom stereocenters. The molecule has 0 saturated carbocycles. The largest absolute Gasteiger partial charge is 0.273 e. The van der Waals surface area contributed by atoms with Gasteiger partial charge in [-0.25, -0.2) is 8.93 Å². The van der Waals surface area contributed by atoms with E-state index in [4.69, 9.17) is 5.26 Å². The van der Waals surface area contributed by atoms with Crippen molar-refractivity contribution in [3.8, 4) is 6.19 Å². The molecule has 54 valence electrons. The van der Waals surface area contributed by atoms with Crippen molar-refractivity contribution in [2.75, 3.05) is 0 Å². The lowest BCUT2D eigenvalue weighted by atomic mass is 10.1. The van der Waals surface area contributed by atoms with Gasteiger partial charge < -0.3 is 0 Å². The molecule has 0 bridgehead atoms. The number of rotatable bonds is 2. The van der Waals surface area contributed by atoms with Crippen molar-refractivity contribution < 1.29 is 9.00 Å². The Bertz CT molecular complexity index is 239. The first kappa shape index (κ1) is 8.97. The summed E-state index contributed by atoms with van der Waals surface area (Å²) in [6.07, 6.45) is 1.62. The number of amides is 1. The second-order valence-corrected chi connectivity index (χ2v) is 2.31. The minimum atomic E-state index is -2.21. The quantitative estimate of drug-likeness (QED) is 0.216. The van der Waals surface area contributed by atoms with Gasteiger partial charge in [0.15, 0.2) is 6.19 Å². The maximum absolute atomic E-state index is 10.4. The average Bonchev–Trinajstić information content (AvgIpc) is 1.88. The first-order chi connectivity index (χ1) is 4.70. The summed E-state index contributed by atoms with van der Waals surface area (Å²) in [6.45, 7) is 0. The van der Waals surface area contributed by atoms with E-state index >= 15 is 0 Å². The van der Waals surface area contributed by atoms with Gasteiger partial charge in [-0.05, 0) is 6.32 Å². The predicted octanol–water partition coefficient (Wildman–Crippen LogP) is -1.79. The molecule has 1 atom stereocenters. The molecule has 0 aliphatic heterocycles. The van der Waals surface area contributed by atoms with Crippen molar-refractivity contribution >= 4 is 24.5 Å². The molecule has 0 aliphatic carbocycles. The lowest BCUT2D eigenvalue weighted by Crippen LogP contribution is -2.03. The molecular formula is C3H6BN3O2S. The molecule has 1 N–H and O–H groups in total. The van der Waals surface area contributed by atoms with Crippen LogP contribution in [0.3, 0.4) is 0 Å². The maximum atomic E-state index is 10.4. The molecule has 0 spiro atoms. The van der Waals surface area contributed by atoms with Gasteiger partial charge >= 0.3 is 0 Å². The monoisotopic (exact) mass is 159 g/mol. The van der Waals surface area contributed by atoms with E-state index in [1.807, 2.05) is 4.72 Å². The van der Waals surface area contributed by atoms with Gasteiger partial charge in [0, 0.05) is 0 Å². The zero-order valence-electron chi connectivity index (χ0n) is 5.37. The lowest BCUT2D eigenvalue weighted by Gasteiger charge is -1.84. The molecular weight excluding hydrogens is 153 g/mol. The smallest absolute Gasteiger partial charge is 0.247 e. The highest BCUT2D eigenvalue weighted by Crippen LogP contribution is 1.79. The Morgan fingerprint density at radius 2 is 2.50 bits per heavy atom. The van der Waals surface area contributed by atoms with Gasteiger partial charge in [0.2, 0.25) is 5.91 Å². The van der Waals surface area contributed by atoms with E-state index in [9.17, 15) is 9.00 Å². The van der Waals surface area contributed by atoms with Crippen molar-refractivity contribution in [3.05, 3.63) is 0 Å². The number of nitrogens with zero attached hydrogens (tertiary/aromatic N) is 2. The number of hydrogen-bond acceptors (Lipinski definition) is 3. The van der Waals surface area contributed by atoms with Gasteiger partial charge in [-0.1, -0.05) is 0 Å². The van der Waals surface area contributed by atoms with Crippen molar-refractivity contribution in [1.29, 1.82) is 5.26 Å². The first-order valence-corrected chi connectivity index (χ1v) is 3.78. The second-order valence-electron chi connectivity index (χ2n) is 1.34. The van der Waals surface area contributed by atoms with Crippen LogP contribution in [0.25, 0.3) is 0 Å². The SMILES string of the molecule is BCC(=O)/N=[SH](=O)/NC#N. The Kier molecular flexibility index (Phi) is 4.32. The summed E-state index contributed by atoms with van der Waals surface area (Å²) < 4.78 is 15.4. The van der Waals surface area contributed by atoms with Gasteiger partial charge in [0.05, 0.1) is 0 Å². The number of hydrogen-bond donors (Lipinski definition) is 2. The zero-order chi connectivity index (χ0) is 7.98.